The summed E-state index contributed by atoms with van der Waals surface area (Å²) in [5.74, 6) is -0.445. The Morgan fingerprint density at radius 3 is 2.55 bits per heavy atom. The number of rotatable bonds is 5. The van der Waals surface area contributed by atoms with Crippen molar-refractivity contribution >= 4 is 35.0 Å². The van der Waals surface area contributed by atoms with Crippen LogP contribution in [0.2, 0.25) is 0 Å². The zero-order valence-corrected chi connectivity index (χ0v) is 13.5. The molecule has 114 valence electrons. The van der Waals surface area contributed by atoms with Crippen molar-refractivity contribution in [3.63, 3.8) is 0 Å². The molecule has 5 heteroatoms. The van der Waals surface area contributed by atoms with E-state index < -0.39 is 5.97 Å². The Balaban J connectivity index is 2.39. The standard InChI is InChI=1S/C17H17NO3S/c1-12-18-15(10-9-13-7-5-4-6-8-13)16(22-12)14(11-20-2)17(19)21-3/h4-11H,1-3H3. The predicted octanol–water partition coefficient (Wildman–Crippen LogP) is 3.78. The first-order valence-electron chi connectivity index (χ1n) is 6.68. The van der Waals surface area contributed by atoms with Crippen LogP contribution in [0.15, 0.2) is 36.6 Å². The van der Waals surface area contributed by atoms with Gasteiger partial charge in [0.05, 0.1) is 36.1 Å². The first-order valence-corrected chi connectivity index (χ1v) is 7.49. The zero-order valence-electron chi connectivity index (χ0n) is 12.7. The number of carbonyl (C=O) groups excluding carboxylic acids is 1. The fourth-order valence-corrected chi connectivity index (χ4v) is 2.81. The number of carbonyl (C=O) groups is 1. The average molecular weight is 315 g/mol. The lowest BCUT2D eigenvalue weighted by Gasteiger charge is -2.03. The molecule has 0 aliphatic heterocycles. The minimum Gasteiger partial charge on any atom is -0.503 e. The molecule has 0 fully saturated rings. The van der Waals surface area contributed by atoms with E-state index in [2.05, 4.69) is 4.98 Å². The van der Waals surface area contributed by atoms with E-state index in [0.29, 0.717) is 5.57 Å². The van der Waals surface area contributed by atoms with Crippen LogP contribution in [0.5, 0.6) is 0 Å². The molecule has 1 aromatic heterocycles. The highest BCUT2D eigenvalue weighted by Gasteiger charge is 2.19. The molecule has 0 saturated heterocycles. The fraction of sp³-hybridized carbons (Fsp3) is 0.176. The van der Waals surface area contributed by atoms with Crippen LogP contribution < -0.4 is 0 Å². The van der Waals surface area contributed by atoms with Gasteiger partial charge in [-0.3, -0.25) is 0 Å². The van der Waals surface area contributed by atoms with E-state index in [-0.39, 0.29) is 0 Å². The van der Waals surface area contributed by atoms with Gasteiger partial charge in [0.1, 0.15) is 5.57 Å². The van der Waals surface area contributed by atoms with E-state index in [9.17, 15) is 4.79 Å². The smallest absolute Gasteiger partial charge is 0.342 e. The summed E-state index contributed by atoms with van der Waals surface area (Å²) in [6, 6.07) is 9.91. The molecule has 1 heterocycles. The second-order valence-corrected chi connectivity index (χ2v) is 5.65. The highest BCUT2D eigenvalue weighted by Crippen LogP contribution is 2.28. The van der Waals surface area contributed by atoms with Crippen molar-refractivity contribution in [1.29, 1.82) is 0 Å². The summed E-state index contributed by atoms with van der Waals surface area (Å²) in [5.41, 5.74) is 2.15. The third-order valence-electron chi connectivity index (χ3n) is 2.88. The van der Waals surface area contributed by atoms with Crippen LogP contribution in [-0.4, -0.2) is 25.2 Å². The van der Waals surface area contributed by atoms with Crippen molar-refractivity contribution in [1.82, 2.24) is 4.98 Å². The molecule has 0 aliphatic rings. The van der Waals surface area contributed by atoms with Gasteiger partial charge in [-0.05, 0) is 18.6 Å². The van der Waals surface area contributed by atoms with Gasteiger partial charge < -0.3 is 9.47 Å². The van der Waals surface area contributed by atoms with Gasteiger partial charge in [0, 0.05) is 0 Å². The largest absolute Gasteiger partial charge is 0.503 e. The second kappa shape index (κ2) is 7.56. The number of esters is 1. The normalized spacial score (nSPS) is 11.7. The number of hydrogen-bond donors (Lipinski definition) is 0. The number of aryl methyl sites for hydroxylation is 1. The van der Waals surface area contributed by atoms with Crippen molar-refractivity contribution in [2.75, 3.05) is 14.2 Å². The molecule has 0 N–H and O–H groups in total. The molecular formula is C17H17NO3S. The lowest BCUT2D eigenvalue weighted by Crippen LogP contribution is -2.04. The predicted molar refractivity (Wildman–Crippen MR) is 89.2 cm³/mol. The fourth-order valence-electron chi connectivity index (χ4n) is 1.91. The summed E-state index contributed by atoms with van der Waals surface area (Å²) < 4.78 is 9.81. The summed E-state index contributed by atoms with van der Waals surface area (Å²) in [7, 11) is 2.84. The molecule has 4 nitrogen and oxygen atoms in total. The first-order chi connectivity index (χ1) is 10.7. The first kappa shape index (κ1) is 16.0. The lowest BCUT2D eigenvalue weighted by molar-refractivity contribution is -0.133. The third-order valence-corrected chi connectivity index (χ3v) is 3.90. The number of hydrogen-bond acceptors (Lipinski definition) is 5. The molecule has 1 aromatic carbocycles. The molecule has 22 heavy (non-hydrogen) atoms. The van der Waals surface area contributed by atoms with Crippen LogP contribution in [0.4, 0.5) is 0 Å². The molecule has 0 amide bonds. The summed E-state index contributed by atoms with van der Waals surface area (Å²) in [6.45, 7) is 1.90. The monoisotopic (exact) mass is 315 g/mol. The molecule has 0 bridgehead atoms. The van der Waals surface area contributed by atoms with Crippen molar-refractivity contribution in [3.05, 3.63) is 57.7 Å². The van der Waals surface area contributed by atoms with Crippen LogP contribution in [0.3, 0.4) is 0 Å². The van der Waals surface area contributed by atoms with Gasteiger partial charge in [-0.25, -0.2) is 9.78 Å². The molecule has 2 aromatic rings. The Kier molecular flexibility index (Phi) is 5.49. The molecule has 0 saturated carbocycles. The van der Waals surface area contributed by atoms with Crippen molar-refractivity contribution in [2.45, 2.75) is 6.92 Å². The van der Waals surface area contributed by atoms with Crippen LogP contribution in [0, 0.1) is 6.92 Å². The van der Waals surface area contributed by atoms with E-state index in [1.807, 2.05) is 49.4 Å². The van der Waals surface area contributed by atoms with Crippen LogP contribution in [0.25, 0.3) is 17.7 Å². The minimum absolute atomic E-state index is 0.364. The number of thiazole rings is 1. The summed E-state index contributed by atoms with van der Waals surface area (Å²) in [6.07, 6.45) is 5.24. The number of ether oxygens (including phenoxy) is 2. The molecule has 2 rings (SSSR count). The van der Waals surface area contributed by atoms with Gasteiger partial charge >= 0.3 is 5.97 Å². The van der Waals surface area contributed by atoms with Crippen LogP contribution in [0.1, 0.15) is 21.1 Å². The number of aromatic nitrogens is 1. The van der Waals surface area contributed by atoms with Gasteiger partial charge in [-0.2, -0.15) is 0 Å². The van der Waals surface area contributed by atoms with E-state index in [0.717, 1.165) is 21.1 Å². The van der Waals surface area contributed by atoms with E-state index in [1.54, 1.807) is 0 Å². The maximum Gasteiger partial charge on any atom is 0.342 e. The van der Waals surface area contributed by atoms with E-state index in [1.165, 1.54) is 31.8 Å². The lowest BCUT2D eigenvalue weighted by atomic mass is 10.1. The van der Waals surface area contributed by atoms with E-state index in [4.69, 9.17) is 9.47 Å². The topological polar surface area (TPSA) is 48.4 Å². The quantitative estimate of drug-likeness (QED) is 0.478. The molecule has 0 radical (unpaired) electrons. The van der Waals surface area contributed by atoms with Gasteiger partial charge in [0.25, 0.3) is 0 Å². The highest BCUT2D eigenvalue weighted by molar-refractivity contribution is 7.13. The molecule has 0 unspecified atom stereocenters. The van der Waals surface area contributed by atoms with Gasteiger partial charge in [-0.15, -0.1) is 11.3 Å². The summed E-state index contributed by atoms with van der Waals surface area (Å²) in [4.78, 5) is 17.1. The summed E-state index contributed by atoms with van der Waals surface area (Å²) >= 11 is 1.43. The third kappa shape index (κ3) is 3.83. The Morgan fingerprint density at radius 1 is 1.18 bits per heavy atom. The van der Waals surface area contributed by atoms with Crippen molar-refractivity contribution in [3.8, 4) is 0 Å². The van der Waals surface area contributed by atoms with Gasteiger partial charge in [0.15, 0.2) is 0 Å². The molecular weight excluding hydrogens is 298 g/mol. The summed E-state index contributed by atoms with van der Waals surface area (Å²) in [5, 5.41) is 0.869. The molecule has 0 aliphatic carbocycles. The maximum atomic E-state index is 11.9. The van der Waals surface area contributed by atoms with Crippen molar-refractivity contribution in [2.24, 2.45) is 0 Å². The highest BCUT2D eigenvalue weighted by atomic mass is 32.1. The maximum absolute atomic E-state index is 11.9. The van der Waals surface area contributed by atoms with Crippen molar-refractivity contribution < 1.29 is 14.3 Å². The Morgan fingerprint density at radius 2 is 1.91 bits per heavy atom. The Labute approximate surface area is 133 Å². The second-order valence-electron chi connectivity index (χ2n) is 4.45. The van der Waals surface area contributed by atoms with Crippen LogP contribution in [-0.2, 0) is 14.3 Å². The van der Waals surface area contributed by atoms with Crippen LogP contribution >= 0.6 is 11.3 Å². The Bertz CT molecular complexity index is 702. The van der Waals surface area contributed by atoms with Gasteiger partial charge in [0.2, 0.25) is 0 Å². The van der Waals surface area contributed by atoms with E-state index >= 15 is 0 Å². The molecule has 0 atom stereocenters. The number of methoxy groups -OCH3 is 2. The number of benzene rings is 1. The molecule has 0 spiro atoms. The SMILES string of the molecule is COC=C(C(=O)OC)c1sc(C)nc1C=Cc1ccccc1. The Hall–Kier alpha value is -2.40. The minimum atomic E-state index is -0.445. The average Bonchev–Trinajstić information content (AvgIpc) is 2.91. The number of nitrogens with zero attached hydrogens (tertiary/aromatic N) is 1. The van der Waals surface area contributed by atoms with Gasteiger partial charge in [-0.1, -0.05) is 36.4 Å². The zero-order chi connectivity index (χ0) is 15.9.